The summed E-state index contributed by atoms with van der Waals surface area (Å²) in [5.41, 5.74) is 10.3. The molecule has 1 aliphatic rings. The Morgan fingerprint density at radius 1 is 1.48 bits per heavy atom. The van der Waals surface area contributed by atoms with E-state index in [0.29, 0.717) is 18.8 Å². The first-order chi connectivity index (χ1) is 11.0. The van der Waals surface area contributed by atoms with E-state index in [1.165, 1.54) is 4.90 Å². The van der Waals surface area contributed by atoms with E-state index in [4.69, 9.17) is 15.4 Å². The number of likely N-dealkylation sites (tertiary alicyclic amines) is 1. The third-order valence-corrected chi connectivity index (χ3v) is 4.19. The molecule has 2 aromatic rings. The summed E-state index contributed by atoms with van der Waals surface area (Å²) in [6.45, 7) is 4.79. The first-order valence-electron chi connectivity index (χ1n) is 7.53. The number of rotatable bonds is 3. The predicted molar refractivity (Wildman–Crippen MR) is 87.5 cm³/mol. The summed E-state index contributed by atoms with van der Waals surface area (Å²) >= 11 is 0. The van der Waals surface area contributed by atoms with E-state index >= 15 is 0 Å². The maximum atomic E-state index is 11.0. The van der Waals surface area contributed by atoms with Crippen LogP contribution in [0.4, 0.5) is 16.2 Å². The Hall–Kier alpha value is -2.70. The first-order valence-corrected chi connectivity index (χ1v) is 7.53. The SMILES string of the molecule is Cc1noc(C)c1-c1ccc(NC2CCN(C(=O)O)C2)c(N)c1. The number of aromatic nitrogens is 1. The van der Waals surface area contributed by atoms with Crippen LogP contribution in [-0.2, 0) is 0 Å². The van der Waals surface area contributed by atoms with E-state index < -0.39 is 6.09 Å². The van der Waals surface area contributed by atoms with Crippen LogP contribution in [0.1, 0.15) is 17.9 Å². The summed E-state index contributed by atoms with van der Waals surface area (Å²) in [6, 6.07) is 5.85. The van der Waals surface area contributed by atoms with Crippen molar-refractivity contribution in [3.8, 4) is 11.1 Å². The molecule has 7 heteroatoms. The standard InChI is InChI=1S/C16H20N4O3/c1-9-15(10(2)23-19-9)11-3-4-14(13(17)7-11)18-12-5-6-20(8-12)16(21)22/h3-4,7,12,18H,5-6,8,17H2,1-2H3,(H,21,22). The van der Waals surface area contributed by atoms with Gasteiger partial charge in [-0.1, -0.05) is 11.2 Å². The van der Waals surface area contributed by atoms with Crippen molar-refractivity contribution in [2.75, 3.05) is 24.1 Å². The topological polar surface area (TPSA) is 105 Å². The summed E-state index contributed by atoms with van der Waals surface area (Å²) in [7, 11) is 0. The summed E-state index contributed by atoms with van der Waals surface area (Å²) in [4.78, 5) is 12.4. The summed E-state index contributed by atoms with van der Waals surface area (Å²) in [5, 5.41) is 16.3. The molecule has 1 aliphatic heterocycles. The maximum absolute atomic E-state index is 11.0. The van der Waals surface area contributed by atoms with Gasteiger partial charge < -0.3 is 25.6 Å². The number of carbonyl (C=O) groups is 1. The molecule has 1 saturated heterocycles. The molecule has 0 radical (unpaired) electrons. The smallest absolute Gasteiger partial charge is 0.407 e. The molecule has 1 aromatic heterocycles. The minimum absolute atomic E-state index is 0.0818. The summed E-state index contributed by atoms with van der Waals surface area (Å²) in [6.07, 6.45) is -0.104. The molecular formula is C16H20N4O3. The molecule has 1 amide bonds. The van der Waals surface area contributed by atoms with Gasteiger partial charge in [-0.2, -0.15) is 0 Å². The Kier molecular flexibility index (Phi) is 3.85. The Balaban J connectivity index is 1.77. The van der Waals surface area contributed by atoms with Gasteiger partial charge in [0.15, 0.2) is 0 Å². The quantitative estimate of drug-likeness (QED) is 0.752. The lowest BCUT2D eigenvalue weighted by molar-refractivity contribution is 0.155. The molecule has 0 spiro atoms. The third-order valence-electron chi connectivity index (χ3n) is 4.19. The monoisotopic (exact) mass is 316 g/mol. The number of hydrogen-bond donors (Lipinski definition) is 3. The molecule has 0 bridgehead atoms. The van der Waals surface area contributed by atoms with Crippen LogP contribution in [-0.4, -0.2) is 40.4 Å². The second kappa shape index (κ2) is 5.83. The zero-order valence-corrected chi connectivity index (χ0v) is 13.2. The number of carboxylic acid groups (broad SMARTS) is 1. The van der Waals surface area contributed by atoms with Crippen LogP contribution < -0.4 is 11.1 Å². The van der Waals surface area contributed by atoms with Crippen molar-refractivity contribution >= 4 is 17.5 Å². The Bertz CT molecular complexity index is 721. The number of nitrogen functional groups attached to an aromatic ring is 1. The van der Waals surface area contributed by atoms with Crippen LogP contribution >= 0.6 is 0 Å². The molecule has 2 heterocycles. The highest BCUT2D eigenvalue weighted by Gasteiger charge is 2.26. The van der Waals surface area contributed by atoms with Crippen LogP contribution in [0.5, 0.6) is 0 Å². The maximum Gasteiger partial charge on any atom is 0.407 e. The lowest BCUT2D eigenvalue weighted by Crippen LogP contribution is -2.30. The van der Waals surface area contributed by atoms with Crippen molar-refractivity contribution in [1.82, 2.24) is 10.1 Å². The molecule has 3 rings (SSSR count). The van der Waals surface area contributed by atoms with Crippen LogP contribution in [0, 0.1) is 13.8 Å². The molecule has 7 nitrogen and oxygen atoms in total. The van der Waals surface area contributed by atoms with Crippen molar-refractivity contribution < 1.29 is 14.4 Å². The lowest BCUT2D eigenvalue weighted by atomic mass is 10.0. The van der Waals surface area contributed by atoms with Gasteiger partial charge in [0.1, 0.15) is 5.76 Å². The third kappa shape index (κ3) is 2.94. The largest absolute Gasteiger partial charge is 0.465 e. The van der Waals surface area contributed by atoms with Gasteiger partial charge in [-0.15, -0.1) is 0 Å². The average molecular weight is 316 g/mol. The van der Waals surface area contributed by atoms with E-state index in [1.807, 2.05) is 32.0 Å². The highest BCUT2D eigenvalue weighted by molar-refractivity contribution is 5.77. The van der Waals surface area contributed by atoms with Crippen molar-refractivity contribution in [3.63, 3.8) is 0 Å². The van der Waals surface area contributed by atoms with Crippen molar-refractivity contribution in [1.29, 1.82) is 0 Å². The molecule has 1 atom stereocenters. The number of anilines is 2. The number of nitrogens with two attached hydrogens (primary N) is 1. The average Bonchev–Trinajstić information content (AvgIpc) is 3.09. The van der Waals surface area contributed by atoms with Crippen LogP contribution in [0.2, 0.25) is 0 Å². The van der Waals surface area contributed by atoms with E-state index in [9.17, 15) is 4.79 Å². The van der Waals surface area contributed by atoms with Gasteiger partial charge in [0.05, 0.1) is 17.1 Å². The number of amides is 1. The van der Waals surface area contributed by atoms with Crippen LogP contribution in [0.25, 0.3) is 11.1 Å². The molecule has 1 aromatic carbocycles. The van der Waals surface area contributed by atoms with Crippen molar-refractivity contribution in [2.45, 2.75) is 26.3 Å². The molecule has 0 aliphatic carbocycles. The first kappa shape index (κ1) is 15.2. The van der Waals surface area contributed by atoms with Gasteiger partial charge in [0.2, 0.25) is 0 Å². The molecule has 4 N–H and O–H groups in total. The molecule has 1 fully saturated rings. The zero-order valence-electron chi connectivity index (χ0n) is 13.2. The normalized spacial score (nSPS) is 17.5. The minimum atomic E-state index is -0.879. The highest BCUT2D eigenvalue weighted by Crippen LogP contribution is 2.32. The number of nitrogens with zero attached hydrogens (tertiary/aromatic N) is 2. The lowest BCUT2D eigenvalue weighted by Gasteiger charge is -2.17. The fourth-order valence-corrected chi connectivity index (χ4v) is 3.02. The molecule has 1 unspecified atom stereocenters. The molecule has 122 valence electrons. The minimum Gasteiger partial charge on any atom is -0.465 e. The van der Waals surface area contributed by atoms with Gasteiger partial charge in [0, 0.05) is 24.7 Å². The van der Waals surface area contributed by atoms with Gasteiger partial charge in [-0.05, 0) is 38.0 Å². The molecule has 23 heavy (non-hydrogen) atoms. The molecule has 0 saturated carbocycles. The van der Waals surface area contributed by atoms with E-state index in [2.05, 4.69) is 10.5 Å². The Morgan fingerprint density at radius 2 is 2.26 bits per heavy atom. The van der Waals surface area contributed by atoms with E-state index in [0.717, 1.165) is 34.7 Å². The van der Waals surface area contributed by atoms with Crippen molar-refractivity contribution in [2.24, 2.45) is 0 Å². The molecular weight excluding hydrogens is 296 g/mol. The van der Waals surface area contributed by atoms with Crippen LogP contribution in [0.15, 0.2) is 22.7 Å². The fraction of sp³-hybridized carbons (Fsp3) is 0.375. The summed E-state index contributed by atoms with van der Waals surface area (Å²) < 4.78 is 5.19. The van der Waals surface area contributed by atoms with Crippen molar-refractivity contribution in [3.05, 3.63) is 29.7 Å². The number of aryl methyl sites for hydroxylation is 2. The van der Waals surface area contributed by atoms with Crippen LogP contribution in [0.3, 0.4) is 0 Å². The summed E-state index contributed by atoms with van der Waals surface area (Å²) in [5.74, 6) is 0.760. The van der Waals surface area contributed by atoms with Gasteiger partial charge >= 0.3 is 6.09 Å². The van der Waals surface area contributed by atoms with E-state index in [1.54, 1.807) is 0 Å². The zero-order chi connectivity index (χ0) is 16.6. The number of benzene rings is 1. The Labute approximate surface area is 134 Å². The fourth-order valence-electron chi connectivity index (χ4n) is 3.02. The predicted octanol–water partition coefficient (Wildman–Crippen LogP) is 2.70. The second-order valence-electron chi connectivity index (χ2n) is 5.86. The van der Waals surface area contributed by atoms with E-state index in [-0.39, 0.29) is 6.04 Å². The number of hydrogen-bond acceptors (Lipinski definition) is 5. The second-order valence-corrected chi connectivity index (χ2v) is 5.86. The Morgan fingerprint density at radius 3 is 2.83 bits per heavy atom. The van der Waals surface area contributed by atoms with Gasteiger partial charge in [0.25, 0.3) is 0 Å². The van der Waals surface area contributed by atoms with Gasteiger partial charge in [-0.25, -0.2) is 4.79 Å². The van der Waals surface area contributed by atoms with Gasteiger partial charge in [-0.3, -0.25) is 0 Å². The number of nitrogens with one attached hydrogen (secondary N) is 1. The highest BCUT2D eigenvalue weighted by atomic mass is 16.5.